The minimum Gasteiger partial charge on any atom is -0.295 e. The zero-order chi connectivity index (χ0) is 16.4. The van der Waals surface area contributed by atoms with Gasteiger partial charge in [-0.1, -0.05) is 42.5 Å². The van der Waals surface area contributed by atoms with Crippen LogP contribution in [0.15, 0.2) is 65.1 Å². The second-order valence-electron chi connectivity index (χ2n) is 5.87. The molecule has 1 aliphatic rings. The highest BCUT2D eigenvalue weighted by Gasteiger charge is 2.29. The number of benzene rings is 2. The highest BCUT2D eigenvalue weighted by molar-refractivity contribution is 7.90. The van der Waals surface area contributed by atoms with E-state index in [9.17, 15) is 13.2 Å². The van der Waals surface area contributed by atoms with Crippen molar-refractivity contribution in [1.29, 1.82) is 0 Å². The number of ketones is 1. The van der Waals surface area contributed by atoms with Crippen LogP contribution in [0.2, 0.25) is 0 Å². The van der Waals surface area contributed by atoms with E-state index >= 15 is 0 Å². The van der Waals surface area contributed by atoms with Gasteiger partial charge in [0.15, 0.2) is 15.6 Å². The van der Waals surface area contributed by atoms with E-state index in [0.29, 0.717) is 11.3 Å². The molecule has 0 heterocycles. The second-order valence-corrected chi connectivity index (χ2v) is 7.88. The number of hydrogen-bond acceptors (Lipinski definition) is 3. The summed E-state index contributed by atoms with van der Waals surface area (Å²) in [6, 6.07) is 16.7. The zero-order valence-electron chi connectivity index (χ0n) is 12.9. The third-order valence-corrected chi connectivity index (χ3v) is 5.32. The predicted molar refractivity (Wildman–Crippen MR) is 91.0 cm³/mol. The van der Waals surface area contributed by atoms with Crippen LogP contribution in [-0.4, -0.2) is 20.5 Å². The van der Waals surface area contributed by atoms with Crippen LogP contribution in [0.1, 0.15) is 29.9 Å². The van der Waals surface area contributed by atoms with Gasteiger partial charge in [-0.05, 0) is 35.8 Å². The van der Waals surface area contributed by atoms with Crippen LogP contribution in [0, 0.1) is 0 Å². The largest absolute Gasteiger partial charge is 0.295 e. The standard InChI is InChI=1S/C19H18O3S/c1-23(21,22)16-9-7-15(8-10-16)17-11-12-19(20)18(17)13-14-5-3-2-4-6-14/h2-10,13,17H,11-12H2,1H3/b18-13-. The maximum absolute atomic E-state index is 12.2. The van der Waals surface area contributed by atoms with Gasteiger partial charge in [0.2, 0.25) is 0 Å². The monoisotopic (exact) mass is 326 g/mol. The summed E-state index contributed by atoms with van der Waals surface area (Å²) in [5.41, 5.74) is 2.81. The summed E-state index contributed by atoms with van der Waals surface area (Å²) in [6.07, 6.45) is 4.46. The van der Waals surface area contributed by atoms with E-state index in [1.807, 2.05) is 48.5 Å². The van der Waals surface area contributed by atoms with E-state index < -0.39 is 9.84 Å². The molecule has 2 aromatic carbocycles. The Balaban J connectivity index is 1.95. The predicted octanol–water partition coefficient (Wildman–Crippen LogP) is 3.62. The number of sulfone groups is 1. The van der Waals surface area contributed by atoms with Crippen LogP contribution in [0.3, 0.4) is 0 Å². The number of carbonyl (C=O) groups excluding carboxylic acids is 1. The number of allylic oxidation sites excluding steroid dienone is 1. The van der Waals surface area contributed by atoms with Crippen molar-refractivity contribution in [3.63, 3.8) is 0 Å². The van der Waals surface area contributed by atoms with E-state index in [1.54, 1.807) is 12.1 Å². The average Bonchev–Trinajstić information content (AvgIpc) is 2.89. The fourth-order valence-corrected chi connectivity index (χ4v) is 3.60. The minimum atomic E-state index is -3.20. The maximum atomic E-state index is 12.2. The van der Waals surface area contributed by atoms with Crippen molar-refractivity contribution in [2.75, 3.05) is 6.26 Å². The maximum Gasteiger partial charge on any atom is 0.175 e. The fraction of sp³-hybridized carbons (Fsp3) is 0.211. The first-order valence-electron chi connectivity index (χ1n) is 7.55. The molecule has 0 aromatic heterocycles. The molecule has 1 aliphatic carbocycles. The molecule has 3 rings (SSSR count). The van der Waals surface area contributed by atoms with Crippen molar-refractivity contribution in [2.24, 2.45) is 0 Å². The van der Waals surface area contributed by atoms with Crippen LogP contribution < -0.4 is 0 Å². The van der Waals surface area contributed by atoms with Crippen molar-refractivity contribution in [3.8, 4) is 0 Å². The normalized spacial score (nSPS) is 20.1. The molecular weight excluding hydrogens is 308 g/mol. The molecule has 1 saturated carbocycles. The molecule has 4 heteroatoms. The molecule has 1 fully saturated rings. The summed E-state index contributed by atoms with van der Waals surface area (Å²) in [4.78, 5) is 12.5. The molecule has 3 nitrogen and oxygen atoms in total. The van der Waals surface area contributed by atoms with Crippen LogP contribution in [-0.2, 0) is 14.6 Å². The van der Waals surface area contributed by atoms with Crippen molar-refractivity contribution in [3.05, 3.63) is 71.3 Å². The molecule has 0 radical (unpaired) electrons. The molecular formula is C19H18O3S. The first-order valence-corrected chi connectivity index (χ1v) is 9.44. The van der Waals surface area contributed by atoms with Gasteiger partial charge in [0.25, 0.3) is 0 Å². The van der Waals surface area contributed by atoms with E-state index in [-0.39, 0.29) is 11.7 Å². The Bertz CT molecular complexity index is 847. The molecule has 0 saturated heterocycles. The second kappa shape index (κ2) is 6.13. The molecule has 0 bridgehead atoms. The molecule has 1 unspecified atom stereocenters. The smallest absolute Gasteiger partial charge is 0.175 e. The summed E-state index contributed by atoms with van der Waals surface area (Å²) >= 11 is 0. The summed E-state index contributed by atoms with van der Waals surface area (Å²) in [5.74, 6) is 0.211. The molecule has 0 amide bonds. The Morgan fingerprint density at radius 3 is 2.26 bits per heavy atom. The van der Waals surface area contributed by atoms with Crippen molar-refractivity contribution < 1.29 is 13.2 Å². The fourth-order valence-electron chi connectivity index (χ4n) is 2.97. The molecule has 1 atom stereocenters. The van der Waals surface area contributed by atoms with Gasteiger partial charge in [0.1, 0.15) is 0 Å². The van der Waals surface area contributed by atoms with Gasteiger partial charge in [-0.3, -0.25) is 4.79 Å². The van der Waals surface area contributed by atoms with Crippen LogP contribution in [0.5, 0.6) is 0 Å². The zero-order valence-corrected chi connectivity index (χ0v) is 13.7. The van der Waals surface area contributed by atoms with E-state index in [0.717, 1.165) is 23.1 Å². The quantitative estimate of drug-likeness (QED) is 0.810. The topological polar surface area (TPSA) is 51.2 Å². The van der Waals surface area contributed by atoms with E-state index in [2.05, 4.69) is 0 Å². The lowest BCUT2D eigenvalue weighted by molar-refractivity contribution is -0.114. The Hall–Kier alpha value is -2.20. The van der Waals surface area contributed by atoms with Gasteiger partial charge < -0.3 is 0 Å². The molecule has 118 valence electrons. The summed E-state index contributed by atoms with van der Waals surface area (Å²) in [6.45, 7) is 0. The Kier molecular flexibility index (Phi) is 4.18. The summed E-state index contributed by atoms with van der Waals surface area (Å²) in [7, 11) is -3.20. The Morgan fingerprint density at radius 1 is 1.00 bits per heavy atom. The molecule has 0 N–H and O–H groups in total. The average molecular weight is 326 g/mol. The summed E-state index contributed by atoms with van der Waals surface area (Å²) in [5, 5.41) is 0. The first kappa shape index (κ1) is 15.7. The first-order chi connectivity index (χ1) is 10.9. The highest BCUT2D eigenvalue weighted by atomic mass is 32.2. The Morgan fingerprint density at radius 2 is 1.65 bits per heavy atom. The number of carbonyl (C=O) groups is 1. The van der Waals surface area contributed by atoms with E-state index in [1.165, 1.54) is 6.26 Å². The van der Waals surface area contributed by atoms with Gasteiger partial charge >= 0.3 is 0 Å². The Labute approximate surface area is 136 Å². The lowest BCUT2D eigenvalue weighted by Gasteiger charge is -2.12. The van der Waals surface area contributed by atoms with Gasteiger partial charge in [0.05, 0.1) is 4.90 Å². The van der Waals surface area contributed by atoms with Gasteiger partial charge in [-0.25, -0.2) is 8.42 Å². The lowest BCUT2D eigenvalue weighted by Crippen LogP contribution is -2.02. The third-order valence-electron chi connectivity index (χ3n) is 4.19. The van der Waals surface area contributed by atoms with Gasteiger partial charge in [-0.2, -0.15) is 0 Å². The number of hydrogen-bond donors (Lipinski definition) is 0. The van der Waals surface area contributed by atoms with Gasteiger partial charge in [-0.15, -0.1) is 0 Å². The lowest BCUT2D eigenvalue weighted by atomic mass is 9.92. The minimum absolute atomic E-state index is 0.0383. The van der Waals surface area contributed by atoms with E-state index in [4.69, 9.17) is 0 Å². The van der Waals surface area contributed by atoms with Crippen molar-refractivity contribution in [2.45, 2.75) is 23.7 Å². The molecule has 2 aromatic rings. The van der Waals surface area contributed by atoms with Gasteiger partial charge in [0, 0.05) is 24.2 Å². The number of rotatable bonds is 3. The highest BCUT2D eigenvalue weighted by Crippen LogP contribution is 2.38. The number of Topliss-reactive ketones (excluding diaryl/α,β-unsaturated/α-hetero) is 1. The third kappa shape index (κ3) is 3.42. The van der Waals surface area contributed by atoms with Crippen molar-refractivity contribution in [1.82, 2.24) is 0 Å². The van der Waals surface area contributed by atoms with Crippen LogP contribution in [0.4, 0.5) is 0 Å². The van der Waals surface area contributed by atoms with Crippen LogP contribution >= 0.6 is 0 Å². The molecule has 0 spiro atoms. The van der Waals surface area contributed by atoms with Crippen molar-refractivity contribution >= 4 is 21.7 Å². The van der Waals surface area contributed by atoms with Crippen LogP contribution in [0.25, 0.3) is 6.08 Å². The molecule has 23 heavy (non-hydrogen) atoms. The SMILES string of the molecule is CS(=O)(=O)c1ccc(C2CCC(=O)/C2=C\c2ccccc2)cc1. The summed E-state index contributed by atoms with van der Waals surface area (Å²) < 4.78 is 23.1. The molecule has 0 aliphatic heterocycles.